The lowest BCUT2D eigenvalue weighted by Gasteiger charge is -2.60. The van der Waals surface area contributed by atoms with Crippen LogP contribution in [0.4, 0.5) is 4.79 Å². The first-order chi connectivity index (χ1) is 12.8. The van der Waals surface area contributed by atoms with Crippen LogP contribution in [0, 0.1) is 23.7 Å². The molecule has 27 heavy (non-hydrogen) atoms. The molecule has 152 valence electrons. The molecule has 0 unspecified atom stereocenters. The standard InChI is InChI=1S/C19H29NO7/c1-10-4-5-14-11(2)15(24-17(22)20-8-12(21)9-20)23-16-19(14)13(10)6-7-18(3,25-16)26-27-19/h10-16,21H,4-9H2,1-3H3/t10-,11-,13+,14+,15-,16-,18-,19-/m1/s1. The number of hydrogen-bond donors (Lipinski definition) is 1. The summed E-state index contributed by atoms with van der Waals surface area (Å²) in [5.74, 6) is 0.0267. The molecule has 8 atom stereocenters. The van der Waals surface area contributed by atoms with E-state index in [2.05, 4.69) is 6.92 Å². The second-order valence-electron chi connectivity index (χ2n) is 9.22. The molecule has 8 heteroatoms. The normalized spacial score (nSPS) is 51.9. The lowest BCUT2D eigenvalue weighted by molar-refractivity contribution is -0.576. The average molecular weight is 383 g/mol. The van der Waals surface area contributed by atoms with Crippen molar-refractivity contribution in [2.45, 2.75) is 76.5 Å². The van der Waals surface area contributed by atoms with Crippen molar-refractivity contribution in [1.29, 1.82) is 0 Å². The average Bonchev–Trinajstić information content (AvgIpc) is 2.83. The van der Waals surface area contributed by atoms with Crippen molar-refractivity contribution in [3.8, 4) is 0 Å². The van der Waals surface area contributed by atoms with E-state index in [1.54, 1.807) is 0 Å². The van der Waals surface area contributed by atoms with Crippen molar-refractivity contribution in [2.75, 3.05) is 13.1 Å². The minimum Gasteiger partial charge on any atom is -0.419 e. The SMILES string of the molecule is C[C@H]1[C@@H](OC(=O)N2CC(O)C2)O[C@@H]2O[C@@]3(C)CC[C@H]4[C@H](C)CC[C@@H]1[C@@]24OO3. The minimum atomic E-state index is -0.839. The Bertz CT molecular complexity index is 625. The second kappa shape index (κ2) is 6.03. The van der Waals surface area contributed by atoms with E-state index in [0.717, 1.165) is 25.7 Å². The highest BCUT2D eigenvalue weighted by atomic mass is 17.3. The smallest absolute Gasteiger partial charge is 0.412 e. The third-order valence-corrected chi connectivity index (χ3v) is 7.43. The van der Waals surface area contributed by atoms with Crippen LogP contribution >= 0.6 is 0 Å². The molecule has 6 rings (SSSR count). The van der Waals surface area contributed by atoms with Crippen LogP contribution in [0.2, 0.25) is 0 Å². The summed E-state index contributed by atoms with van der Waals surface area (Å²) in [5, 5.41) is 9.42. The largest absolute Gasteiger partial charge is 0.419 e. The number of hydrogen-bond acceptors (Lipinski definition) is 7. The third-order valence-electron chi connectivity index (χ3n) is 7.43. The van der Waals surface area contributed by atoms with Gasteiger partial charge in [0.25, 0.3) is 0 Å². The van der Waals surface area contributed by atoms with Crippen LogP contribution in [-0.4, -0.2) is 59.3 Å². The fourth-order valence-electron chi connectivity index (χ4n) is 5.78. The molecule has 1 spiro atoms. The van der Waals surface area contributed by atoms with E-state index in [4.69, 9.17) is 24.0 Å². The Labute approximate surface area is 158 Å². The number of β-amino-alcohol motifs (C(OH)–C–C–N with tert-alkyl or cyclic N) is 1. The first-order valence-corrected chi connectivity index (χ1v) is 10.2. The monoisotopic (exact) mass is 383 g/mol. The van der Waals surface area contributed by atoms with Gasteiger partial charge in [0.1, 0.15) is 0 Å². The maximum absolute atomic E-state index is 12.4. The summed E-state index contributed by atoms with van der Waals surface area (Å²) in [5.41, 5.74) is -0.650. The molecule has 5 saturated heterocycles. The molecular weight excluding hydrogens is 354 g/mol. The Kier molecular flexibility index (Phi) is 4.05. The van der Waals surface area contributed by atoms with Gasteiger partial charge in [0, 0.05) is 18.3 Å². The zero-order valence-corrected chi connectivity index (χ0v) is 16.1. The molecular formula is C19H29NO7. The van der Waals surface area contributed by atoms with Gasteiger partial charge in [-0.05, 0) is 38.0 Å². The Hall–Kier alpha value is -0.930. The maximum atomic E-state index is 12.4. The first kappa shape index (κ1) is 18.1. The van der Waals surface area contributed by atoms with Crippen LogP contribution in [-0.2, 0) is 24.0 Å². The fraction of sp³-hybridized carbons (Fsp3) is 0.947. The summed E-state index contributed by atoms with van der Waals surface area (Å²) in [4.78, 5) is 25.7. The van der Waals surface area contributed by atoms with Crippen molar-refractivity contribution in [3.05, 3.63) is 0 Å². The van der Waals surface area contributed by atoms with E-state index >= 15 is 0 Å². The van der Waals surface area contributed by atoms with Gasteiger partial charge in [0.2, 0.25) is 12.1 Å². The van der Waals surface area contributed by atoms with Crippen molar-refractivity contribution >= 4 is 6.09 Å². The number of carbonyl (C=O) groups is 1. The molecule has 1 saturated carbocycles. The van der Waals surface area contributed by atoms with Crippen LogP contribution in [0.15, 0.2) is 0 Å². The molecule has 6 fully saturated rings. The van der Waals surface area contributed by atoms with E-state index in [0.29, 0.717) is 19.0 Å². The summed E-state index contributed by atoms with van der Waals surface area (Å²) >= 11 is 0. The number of likely N-dealkylation sites (tertiary alicyclic amines) is 1. The number of nitrogens with zero attached hydrogens (tertiary/aromatic N) is 1. The Morgan fingerprint density at radius 1 is 1.15 bits per heavy atom. The lowest BCUT2D eigenvalue weighted by Crippen LogP contribution is -2.70. The zero-order valence-electron chi connectivity index (χ0n) is 16.1. The zero-order chi connectivity index (χ0) is 19.0. The molecule has 0 radical (unpaired) electrons. The highest BCUT2D eigenvalue weighted by Crippen LogP contribution is 2.60. The highest BCUT2D eigenvalue weighted by molar-refractivity contribution is 5.68. The molecule has 1 aliphatic carbocycles. The van der Waals surface area contributed by atoms with Crippen molar-refractivity contribution in [1.82, 2.24) is 4.90 Å². The molecule has 6 aliphatic rings. The predicted octanol–water partition coefficient (Wildman–Crippen LogP) is 2.01. The number of amides is 1. The summed E-state index contributed by atoms with van der Waals surface area (Å²) in [7, 11) is 0. The fourth-order valence-corrected chi connectivity index (χ4v) is 5.78. The summed E-state index contributed by atoms with van der Waals surface area (Å²) in [6.07, 6.45) is 1.56. The van der Waals surface area contributed by atoms with E-state index in [1.165, 1.54) is 4.90 Å². The number of carbonyl (C=O) groups excluding carboxylic acids is 1. The molecule has 0 aromatic carbocycles. The van der Waals surface area contributed by atoms with Gasteiger partial charge in [0.05, 0.1) is 19.2 Å². The van der Waals surface area contributed by atoms with E-state index in [1.807, 2.05) is 13.8 Å². The van der Waals surface area contributed by atoms with Crippen LogP contribution < -0.4 is 0 Å². The number of aliphatic hydroxyl groups excluding tert-OH is 1. The number of ether oxygens (including phenoxy) is 3. The second-order valence-corrected chi connectivity index (χ2v) is 9.22. The van der Waals surface area contributed by atoms with Crippen molar-refractivity contribution < 1.29 is 33.9 Å². The van der Waals surface area contributed by atoms with Crippen LogP contribution in [0.1, 0.15) is 46.5 Å². The minimum absolute atomic E-state index is 0.0407. The molecule has 0 aromatic heterocycles. The summed E-state index contributed by atoms with van der Waals surface area (Å²) in [6.45, 7) is 6.81. The molecule has 8 nitrogen and oxygen atoms in total. The first-order valence-electron chi connectivity index (χ1n) is 10.2. The quantitative estimate of drug-likeness (QED) is 0.693. The lowest BCUT2D eigenvalue weighted by atomic mass is 9.58. The number of aliphatic hydroxyl groups is 1. The van der Waals surface area contributed by atoms with Gasteiger partial charge in [-0.25, -0.2) is 14.6 Å². The molecule has 0 aromatic rings. The summed E-state index contributed by atoms with van der Waals surface area (Å²) in [6, 6.07) is 0. The molecule has 5 heterocycles. The van der Waals surface area contributed by atoms with Crippen molar-refractivity contribution in [2.24, 2.45) is 23.7 Å². The van der Waals surface area contributed by atoms with Crippen molar-refractivity contribution in [3.63, 3.8) is 0 Å². The Morgan fingerprint density at radius 3 is 2.67 bits per heavy atom. The van der Waals surface area contributed by atoms with Gasteiger partial charge in [-0.15, -0.1) is 0 Å². The molecule has 5 aliphatic heterocycles. The van der Waals surface area contributed by atoms with Crippen LogP contribution in [0.3, 0.4) is 0 Å². The maximum Gasteiger partial charge on any atom is 0.412 e. The Morgan fingerprint density at radius 2 is 1.93 bits per heavy atom. The predicted molar refractivity (Wildman–Crippen MR) is 90.9 cm³/mol. The molecule has 1 amide bonds. The molecule has 1 N–H and O–H groups in total. The summed E-state index contributed by atoms with van der Waals surface area (Å²) < 4.78 is 18.1. The topological polar surface area (TPSA) is 86.7 Å². The van der Waals surface area contributed by atoms with Gasteiger partial charge < -0.3 is 24.2 Å². The van der Waals surface area contributed by atoms with Gasteiger partial charge in [-0.2, -0.15) is 0 Å². The van der Waals surface area contributed by atoms with Crippen LogP contribution in [0.25, 0.3) is 0 Å². The van der Waals surface area contributed by atoms with E-state index in [9.17, 15) is 9.90 Å². The Balaban J connectivity index is 1.42. The molecule has 2 bridgehead atoms. The van der Waals surface area contributed by atoms with E-state index < -0.39 is 36.2 Å². The number of rotatable bonds is 1. The van der Waals surface area contributed by atoms with Gasteiger partial charge >= 0.3 is 6.09 Å². The van der Waals surface area contributed by atoms with Gasteiger partial charge in [-0.3, -0.25) is 0 Å². The highest BCUT2D eigenvalue weighted by Gasteiger charge is 2.69. The number of fused-ring (bicyclic) bond motifs is 2. The van der Waals surface area contributed by atoms with Gasteiger partial charge in [0.15, 0.2) is 11.9 Å². The third kappa shape index (κ3) is 2.57. The van der Waals surface area contributed by atoms with Crippen LogP contribution in [0.5, 0.6) is 0 Å². The van der Waals surface area contributed by atoms with E-state index in [-0.39, 0.29) is 17.8 Å². The van der Waals surface area contributed by atoms with Gasteiger partial charge in [-0.1, -0.05) is 13.8 Å².